The van der Waals surface area contributed by atoms with Gasteiger partial charge in [0, 0.05) is 5.56 Å². The average Bonchev–Trinajstić information content (AvgIpc) is 3.01. The fraction of sp³-hybridized carbons (Fsp3) is 0.158. The monoisotopic (exact) mass is 305 g/mol. The highest BCUT2D eigenvalue weighted by Gasteiger charge is 2.18. The van der Waals surface area contributed by atoms with Crippen molar-refractivity contribution in [1.82, 2.24) is 0 Å². The maximum absolute atomic E-state index is 12.6. The first-order valence-corrected chi connectivity index (χ1v) is 7.22. The lowest BCUT2D eigenvalue weighted by atomic mass is 9.99. The molecule has 0 spiro atoms. The second-order valence-electron chi connectivity index (χ2n) is 5.43. The van der Waals surface area contributed by atoms with Gasteiger partial charge in [0.15, 0.2) is 11.5 Å². The Bertz CT molecular complexity index is 859. The van der Waals surface area contributed by atoms with Crippen LogP contribution in [0.3, 0.4) is 0 Å². The van der Waals surface area contributed by atoms with Crippen LogP contribution in [0.1, 0.15) is 27.0 Å². The van der Waals surface area contributed by atoms with Crippen molar-refractivity contribution in [3.8, 4) is 17.6 Å². The highest BCUT2D eigenvalue weighted by Crippen LogP contribution is 2.33. The molecule has 2 aromatic rings. The SMILES string of the molecule is Cc1ccc(/C=C(\C#N)C(=O)c2ccc3c(c2)OCO3)c(C)c1. The number of Topliss-reactive ketones (excluding diaryl/α,β-unsaturated/α-hetero) is 1. The Balaban J connectivity index is 1.96. The molecule has 1 aliphatic heterocycles. The smallest absolute Gasteiger partial charge is 0.231 e. The third kappa shape index (κ3) is 2.95. The number of ketones is 1. The zero-order chi connectivity index (χ0) is 16.4. The first-order chi connectivity index (χ1) is 11.1. The van der Waals surface area contributed by atoms with Crippen LogP contribution < -0.4 is 9.47 Å². The van der Waals surface area contributed by atoms with E-state index in [9.17, 15) is 10.1 Å². The molecule has 114 valence electrons. The lowest BCUT2D eigenvalue weighted by molar-refractivity contribution is 0.103. The van der Waals surface area contributed by atoms with Crippen LogP contribution in [0, 0.1) is 25.2 Å². The Morgan fingerprint density at radius 3 is 2.65 bits per heavy atom. The first kappa shape index (κ1) is 14.9. The topological polar surface area (TPSA) is 59.3 Å². The molecule has 2 aromatic carbocycles. The number of fused-ring (bicyclic) bond motifs is 1. The molecule has 1 heterocycles. The van der Waals surface area contributed by atoms with E-state index in [1.165, 1.54) is 0 Å². The van der Waals surface area contributed by atoms with E-state index in [1.807, 2.05) is 38.1 Å². The van der Waals surface area contributed by atoms with Gasteiger partial charge in [-0.1, -0.05) is 23.8 Å². The number of carbonyl (C=O) groups is 1. The Kier molecular flexibility index (Phi) is 3.86. The van der Waals surface area contributed by atoms with Crippen molar-refractivity contribution in [1.29, 1.82) is 5.26 Å². The number of aryl methyl sites for hydroxylation is 2. The van der Waals surface area contributed by atoms with Crippen LogP contribution in [0.5, 0.6) is 11.5 Å². The summed E-state index contributed by atoms with van der Waals surface area (Å²) in [6, 6.07) is 12.8. The van der Waals surface area contributed by atoms with E-state index < -0.39 is 0 Å². The minimum atomic E-state index is -0.328. The normalized spacial score (nSPS) is 12.8. The summed E-state index contributed by atoms with van der Waals surface area (Å²) in [7, 11) is 0. The molecule has 0 bridgehead atoms. The van der Waals surface area contributed by atoms with Gasteiger partial charge in [0.1, 0.15) is 11.6 Å². The maximum Gasteiger partial charge on any atom is 0.231 e. The second kappa shape index (κ2) is 5.98. The van der Waals surface area contributed by atoms with Gasteiger partial charge >= 0.3 is 0 Å². The van der Waals surface area contributed by atoms with Crippen molar-refractivity contribution in [3.05, 3.63) is 64.2 Å². The van der Waals surface area contributed by atoms with E-state index in [4.69, 9.17) is 9.47 Å². The molecule has 0 amide bonds. The zero-order valence-corrected chi connectivity index (χ0v) is 12.9. The summed E-state index contributed by atoms with van der Waals surface area (Å²) in [5, 5.41) is 9.36. The molecule has 0 N–H and O–H groups in total. The minimum absolute atomic E-state index is 0.0934. The van der Waals surface area contributed by atoms with Gasteiger partial charge in [0.05, 0.1) is 0 Å². The van der Waals surface area contributed by atoms with Crippen molar-refractivity contribution >= 4 is 11.9 Å². The van der Waals surface area contributed by atoms with Crippen molar-refractivity contribution in [2.24, 2.45) is 0 Å². The third-order valence-electron chi connectivity index (χ3n) is 3.72. The van der Waals surface area contributed by atoms with Gasteiger partial charge in [-0.25, -0.2) is 0 Å². The predicted molar refractivity (Wildman–Crippen MR) is 86.4 cm³/mol. The summed E-state index contributed by atoms with van der Waals surface area (Å²) >= 11 is 0. The van der Waals surface area contributed by atoms with E-state index in [0.29, 0.717) is 17.1 Å². The number of carbonyl (C=O) groups excluding carboxylic acids is 1. The molecule has 4 nitrogen and oxygen atoms in total. The van der Waals surface area contributed by atoms with Crippen LogP contribution in [-0.4, -0.2) is 12.6 Å². The minimum Gasteiger partial charge on any atom is -0.454 e. The standard InChI is InChI=1S/C19H15NO3/c1-12-3-4-14(13(2)7-12)8-16(10-20)19(21)15-5-6-17-18(9-15)23-11-22-17/h3-9H,11H2,1-2H3/b16-8+. The van der Waals surface area contributed by atoms with Crippen LogP contribution in [-0.2, 0) is 0 Å². The van der Waals surface area contributed by atoms with Gasteiger partial charge in [-0.15, -0.1) is 0 Å². The summed E-state index contributed by atoms with van der Waals surface area (Å²) in [5.74, 6) is 0.809. The lowest BCUT2D eigenvalue weighted by Crippen LogP contribution is -2.02. The molecule has 0 aliphatic carbocycles. The number of hydrogen-bond acceptors (Lipinski definition) is 4. The molecule has 0 radical (unpaired) electrons. The summed E-state index contributed by atoms with van der Waals surface area (Å²) in [5.41, 5.74) is 3.53. The summed E-state index contributed by atoms with van der Waals surface area (Å²) in [6.45, 7) is 4.11. The molecule has 0 atom stereocenters. The fourth-order valence-electron chi connectivity index (χ4n) is 2.48. The number of nitrogens with zero attached hydrogens (tertiary/aromatic N) is 1. The highest BCUT2D eigenvalue weighted by molar-refractivity contribution is 6.14. The van der Waals surface area contributed by atoms with Crippen LogP contribution >= 0.6 is 0 Å². The Morgan fingerprint density at radius 1 is 1.13 bits per heavy atom. The van der Waals surface area contributed by atoms with Crippen LogP contribution in [0.15, 0.2) is 42.0 Å². The number of hydrogen-bond donors (Lipinski definition) is 0. The van der Waals surface area contributed by atoms with Crippen LogP contribution in [0.2, 0.25) is 0 Å². The summed E-state index contributed by atoms with van der Waals surface area (Å²) in [6.07, 6.45) is 1.63. The molecule has 0 aromatic heterocycles. The molecule has 0 saturated heterocycles. The number of allylic oxidation sites excluding steroid dienone is 1. The van der Waals surface area contributed by atoms with Gasteiger partial charge in [-0.2, -0.15) is 5.26 Å². The number of rotatable bonds is 3. The van der Waals surface area contributed by atoms with Crippen molar-refractivity contribution in [3.63, 3.8) is 0 Å². The number of ether oxygens (including phenoxy) is 2. The summed E-state index contributed by atoms with van der Waals surface area (Å²) in [4.78, 5) is 12.6. The largest absolute Gasteiger partial charge is 0.454 e. The van der Waals surface area contributed by atoms with Crippen LogP contribution in [0.25, 0.3) is 6.08 Å². The van der Waals surface area contributed by atoms with Gasteiger partial charge in [0.2, 0.25) is 12.6 Å². The Morgan fingerprint density at radius 2 is 1.91 bits per heavy atom. The van der Waals surface area contributed by atoms with Gasteiger partial charge < -0.3 is 9.47 Å². The second-order valence-corrected chi connectivity index (χ2v) is 5.43. The summed E-state index contributed by atoms with van der Waals surface area (Å²) < 4.78 is 10.5. The quantitative estimate of drug-likeness (QED) is 0.491. The molecular formula is C19H15NO3. The van der Waals surface area contributed by atoms with Gasteiger partial charge in [0.25, 0.3) is 0 Å². The fourth-order valence-corrected chi connectivity index (χ4v) is 2.48. The molecule has 3 rings (SSSR count). The van der Waals surface area contributed by atoms with E-state index >= 15 is 0 Å². The Labute approximate surface area is 134 Å². The first-order valence-electron chi connectivity index (χ1n) is 7.22. The maximum atomic E-state index is 12.6. The molecule has 23 heavy (non-hydrogen) atoms. The molecule has 0 unspecified atom stereocenters. The van der Waals surface area contributed by atoms with E-state index in [1.54, 1.807) is 24.3 Å². The molecule has 0 fully saturated rings. The van der Waals surface area contributed by atoms with Gasteiger partial charge in [-0.05, 0) is 49.2 Å². The van der Waals surface area contributed by atoms with E-state index in [-0.39, 0.29) is 18.1 Å². The van der Waals surface area contributed by atoms with Crippen molar-refractivity contribution in [2.75, 3.05) is 6.79 Å². The molecule has 1 aliphatic rings. The van der Waals surface area contributed by atoms with Gasteiger partial charge in [-0.3, -0.25) is 4.79 Å². The Hall–Kier alpha value is -3.06. The highest BCUT2D eigenvalue weighted by atomic mass is 16.7. The third-order valence-corrected chi connectivity index (χ3v) is 3.72. The zero-order valence-electron chi connectivity index (χ0n) is 12.9. The van der Waals surface area contributed by atoms with E-state index in [0.717, 1.165) is 16.7 Å². The predicted octanol–water partition coefficient (Wildman–Crippen LogP) is 3.82. The molecule has 4 heteroatoms. The number of benzene rings is 2. The van der Waals surface area contributed by atoms with E-state index in [2.05, 4.69) is 0 Å². The molecule has 0 saturated carbocycles. The van der Waals surface area contributed by atoms with Crippen molar-refractivity contribution < 1.29 is 14.3 Å². The van der Waals surface area contributed by atoms with Crippen molar-refractivity contribution in [2.45, 2.75) is 13.8 Å². The lowest BCUT2D eigenvalue weighted by Gasteiger charge is -2.04. The molecular weight excluding hydrogens is 290 g/mol. The average molecular weight is 305 g/mol. The number of nitriles is 1. The van der Waals surface area contributed by atoms with Crippen LogP contribution in [0.4, 0.5) is 0 Å².